The molecule has 0 saturated heterocycles. The SMILES string of the molecule is CCC(N)C(=O)NC(CO)C(N)=O. The zero-order valence-corrected chi connectivity index (χ0v) is 7.49. The summed E-state index contributed by atoms with van der Waals surface area (Å²) >= 11 is 0. The van der Waals surface area contributed by atoms with Crippen molar-refractivity contribution in [3.8, 4) is 0 Å². The van der Waals surface area contributed by atoms with Crippen LogP contribution in [-0.2, 0) is 9.59 Å². The highest BCUT2D eigenvalue weighted by Crippen LogP contribution is 1.88. The van der Waals surface area contributed by atoms with Gasteiger partial charge in [0.1, 0.15) is 6.04 Å². The van der Waals surface area contributed by atoms with Crippen LogP contribution >= 0.6 is 0 Å². The molecule has 0 aliphatic carbocycles. The highest BCUT2D eigenvalue weighted by molar-refractivity contribution is 5.88. The number of hydrogen-bond acceptors (Lipinski definition) is 4. The van der Waals surface area contributed by atoms with Gasteiger partial charge in [-0.25, -0.2) is 0 Å². The fourth-order valence-electron chi connectivity index (χ4n) is 0.671. The van der Waals surface area contributed by atoms with Gasteiger partial charge >= 0.3 is 0 Å². The number of hydrogen-bond donors (Lipinski definition) is 4. The highest BCUT2D eigenvalue weighted by Gasteiger charge is 2.19. The third kappa shape index (κ3) is 3.86. The zero-order valence-electron chi connectivity index (χ0n) is 7.49. The number of rotatable bonds is 5. The summed E-state index contributed by atoms with van der Waals surface area (Å²) in [4.78, 5) is 21.7. The van der Waals surface area contributed by atoms with Crippen molar-refractivity contribution < 1.29 is 14.7 Å². The third-order valence-electron chi connectivity index (χ3n) is 1.62. The number of aliphatic hydroxyl groups excluding tert-OH is 1. The van der Waals surface area contributed by atoms with Crippen molar-refractivity contribution in [2.75, 3.05) is 6.61 Å². The van der Waals surface area contributed by atoms with Gasteiger partial charge in [-0.15, -0.1) is 0 Å². The lowest BCUT2D eigenvalue weighted by Gasteiger charge is -2.15. The van der Waals surface area contributed by atoms with Gasteiger partial charge in [0.2, 0.25) is 11.8 Å². The van der Waals surface area contributed by atoms with Crippen LogP contribution in [0.3, 0.4) is 0 Å². The number of nitrogens with two attached hydrogens (primary N) is 2. The Morgan fingerprint density at radius 3 is 2.38 bits per heavy atom. The van der Waals surface area contributed by atoms with Crippen LogP contribution in [0.15, 0.2) is 0 Å². The summed E-state index contributed by atoms with van der Waals surface area (Å²) < 4.78 is 0. The van der Waals surface area contributed by atoms with Crippen molar-refractivity contribution in [1.29, 1.82) is 0 Å². The summed E-state index contributed by atoms with van der Waals surface area (Å²) in [7, 11) is 0. The van der Waals surface area contributed by atoms with Crippen LogP contribution in [0.5, 0.6) is 0 Å². The Balaban J connectivity index is 4.09. The molecule has 0 aromatic rings. The van der Waals surface area contributed by atoms with E-state index in [0.717, 1.165) is 0 Å². The smallest absolute Gasteiger partial charge is 0.242 e. The molecule has 0 aromatic carbocycles. The Kier molecular flexibility index (Phi) is 5.01. The minimum absolute atomic E-state index is 0.461. The largest absolute Gasteiger partial charge is 0.394 e. The van der Waals surface area contributed by atoms with Gasteiger partial charge in [-0.1, -0.05) is 6.92 Å². The van der Waals surface area contributed by atoms with E-state index in [1.165, 1.54) is 0 Å². The standard InChI is InChI=1S/C7H15N3O3/c1-2-4(8)7(13)10-5(3-11)6(9)12/h4-5,11H,2-3,8H2,1H3,(H2,9,12)(H,10,13). The average molecular weight is 189 g/mol. The van der Waals surface area contributed by atoms with Gasteiger partial charge in [-0.05, 0) is 6.42 Å². The van der Waals surface area contributed by atoms with Crippen molar-refractivity contribution in [3.63, 3.8) is 0 Å². The summed E-state index contributed by atoms with van der Waals surface area (Å²) in [6.07, 6.45) is 0.461. The predicted molar refractivity (Wildman–Crippen MR) is 46.5 cm³/mol. The normalized spacial score (nSPS) is 14.7. The predicted octanol–water partition coefficient (Wildman–Crippen LogP) is -2.31. The zero-order chi connectivity index (χ0) is 10.4. The molecule has 0 aromatic heterocycles. The summed E-state index contributed by atoms with van der Waals surface area (Å²) in [6.45, 7) is 1.22. The molecule has 2 atom stereocenters. The van der Waals surface area contributed by atoms with Gasteiger partial charge in [-0.3, -0.25) is 9.59 Å². The molecule has 0 saturated carbocycles. The van der Waals surface area contributed by atoms with Crippen molar-refractivity contribution in [2.45, 2.75) is 25.4 Å². The van der Waals surface area contributed by atoms with E-state index < -0.39 is 30.5 Å². The van der Waals surface area contributed by atoms with E-state index in [-0.39, 0.29) is 0 Å². The molecule has 0 radical (unpaired) electrons. The van der Waals surface area contributed by atoms with E-state index in [1.54, 1.807) is 6.92 Å². The van der Waals surface area contributed by atoms with Crippen LogP contribution in [0.4, 0.5) is 0 Å². The number of nitrogens with one attached hydrogen (secondary N) is 1. The Morgan fingerprint density at radius 1 is 1.54 bits per heavy atom. The van der Waals surface area contributed by atoms with Crippen molar-refractivity contribution in [1.82, 2.24) is 5.32 Å². The molecule has 6 N–H and O–H groups in total. The maximum absolute atomic E-state index is 11.1. The van der Waals surface area contributed by atoms with E-state index in [9.17, 15) is 9.59 Å². The van der Waals surface area contributed by atoms with Gasteiger partial charge < -0.3 is 21.9 Å². The first-order valence-electron chi connectivity index (χ1n) is 3.99. The molecule has 0 spiro atoms. The van der Waals surface area contributed by atoms with E-state index >= 15 is 0 Å². The Bertz CT molecular complexity index is 195. The Hall–Kier alpha value is -1.14. The second kappa shape index (κ2) is 5.50. The van der Waals surface area contributed by atoms with E-state index in [1.807, 2.05) is 0 Å². The lowest BCUT2D eigenvalue weighted by atomic mass is 10.2. The van der Waals surface area contributed by atoms with Crippen molar-refractivity contribution in [3.05, 3.63) is 0 Å². The summed E-state index contributed by atoms with van der Waals surface area (Å²) in [5.74, 6) is -1.26. The first-order valence-corrected chi connectivity index (χ1v) is 3.99. The minimum Gasteiger partial charge on any atom is -0.394 e. The highest BCUT2D eigenvalue weighted by atomic mass is 16.3. The first-order chi connectivity index (χ1) is 6.02. The molecule has 76 valence electrons. The lowest BCUT2D eigenvalue weighted by Crippen LogP contribution is -2.51. The quantitative estimate of drug-likeness (QED) is 0.388. The molecule has 6 nitrogen and oxygen atoms in total. The van der Waals surface area contributed by atoms with Gasteiger partial charge in [0.25, 0.3) is 0 Å². The van der Waals surface area contributed by atoms with Gasteiger partial charge in [0, 0.05) is 0 Å². The van der Waals surface area contributed by atoms with Gasteiger partial charge in [0.05, 0.1) is 12.6 Å². The minimum atomic E-state index is -1.05. The fraction of sp³-hybridized carbons (Fsp3) is 0.714. The average Bonchev–Trinajstić information content (AvgIpc) is 2.11. The van der Waals surface area contributed by atoms with Crippen LogP contribution in [0.1, 0.15) is 13.3 Å². The molecule has 0 aliphatic heterocycles. The monoisotopic (exact) mass is 189 g/mol. The van der Waals surface area contributed by atoms with Crippen LogP contribution in [0.2, 0.25) is 0 Å². The number of carbonyl (C=O) groups is 2. The Morgan fingerprint density at radius 2 is 2.08 bits per heavy atom. The van der Waals surface area contributed by atoms with Gasteiger partial charge in [-0.2, -0.15) is 0 Å². The van der Waals surface area contributed by atoms with Crippen molar-refractivity contribution >= 4 is 11.8 Å². The van der Waals surface area contributed by atoms with Crippen LogP contribution in [-0.4, -0.2) is 35.6 Å². The number of amides is 2. The van der Waals surface area contributed by atoms with E-state index in [0.29, 0.717) is 6.42 Å². The first kappa shape index (κ1) is 11.9. The number of carbonyl (C=O) groups excluding carboxylic acids is 2. The molecular formula is C7H15N3O3. The third-order valence-corrected chi connectivity index (χ3v) is 1.62. The van der Waals surface area contributed by atoms with E-state index in [4.69, 9.17) is 16.6 Å². The summed E-state index contributed by atoms with van der Waals surface area (Å²) in [5.41, 5.74) is 10.3. The van der Waals surface area contributed by atoms with Crippen LogP contribution < -0.4 is 16.8 Å². The molecule has 2 amide bonds. The second-order valence-electron chi connectivity index (χ2n) is 2.66. The molecule has 6 heteroatoms. The topological polar surface area (TPSA) is 118 Å². The molecule has 2 unspecified atom stereocenters. The van der Waals surface area contributed by atoms with Crippen molar-refractivity contribution in [2.24, 2.45) is 11.5 Å². The number of primary amides is 1. The molecule has 0 rings (SSSR count). The molecule has 13 heavy (non-hydrogen) atoms. The Labute approximate surface area is 76.3 Å². The fourth-order valence-corrected chi connectivity index (χ4v) is 0.671. The molecule has 0 fully saturated rings. The van der Waals surface area contributed by atoms with E-state index in [2.05, 4.69) is 5.32 Å². The summed E-state index contributed by atoms with van der Waals surface area (Å²) in [6, 6.07) is -1.72. The molecule has 0 aliphatic rings. The molecular weight excluding hydrogens is 174 g/mol. The maximum Gasteiger partial charge on any atom is 0.242 e. The second-order valence-corrected chi connectivity index (χ2v) is 2.66. The van der Waals surface area contributed by atoms with Crippen LogP contribution in [0, 0.1) is 0 Å². The molecule has 0 heterocycles. The van der Waals surface area contributed by atoms with Crippen LogP contribution in [0.25, 0.3) is 0 Å². The number of aliphatic hydroxyl groups is 1. The summed E-state index contributed by atoms with van der Waals surface area (Å²) in [5, 5.41) is 10.9. The molecule has 0 bridgehead atoms. The lowest BCUT2D eigenvalue weighted by molar-refractivity contribution is -0.129. The van der Waals surface area contributed by atoms with Gasteiger partial charge in [0.15, 0.2) is 0 Å². The maximum atomic E-state index is 11.1.